The molecule has 0 atom stereocenters. The number of carbonyl (C=O) groups is 2. The van der Waals surface area contributed by atoms with Crippen LogP contribution in [0.25, 0.3) is 0 Å². The maximum absolute atomic E-state index is 12.1. The van der Waals surface area contributed by atoms with Crippen molar-refractivity contribution in [2.45, 2.75) is 44.7 Å². The highest BCUT2D eigenvalue weighted by Gasteiger charge is 2.31. The number of hydrogen-bond donors (Lipinski definition) is 2. The molecule has 0 radical (unpaired) electrons. The van der Waals surface area contributed by atoms with Crippen LogP contribution in [0.5, 0.6) is 0 Å². The normalized spacial score (nSPS) is 11.3. The molecule has 1 heterocycles. The van der Waals surface area contributed by atoms with Crippen molar-refractivity contribution in [3.8, 4) is 0 Å². The van der Waals surface area contributed by atoms with Crippen LogP contribution >= 0.6 is 11.8 Å². The molecule has 0 spiro atoms. The van der Waals surface area contributed by atoms with Crippen molar-refractivity contribution in [3.05, 3.63) is 24.0 Å². The van der Waals surface area contributed by atoms with E-state index in [4.69, 9.17) is 10.5 Å². The molecule has 6 nitrogen and oxygen atoms in total. The van der Waals surface area contributed by atoms with E-state index in [0.29, 0.717) is 5.92 Å². The highest BCUT2D eigenvalue weighted by atomic mass is 32.2. The van der Waals surface area contributed by atoms with Gasteiger partial charge in [-0.3, -0.25) is 9.78 Å². The molecule has 0 unspecified atom stereocenters. The second kappa shape index (κ2) is 8.03. The molecule has 0 aliphatic heterocycles. The Kier molecular flexibility index (Phi) is 6.67. The van der Waals surface area contributed by atoms with E-state index in [1.54, 1.807) is 18.0 Å². The van der Waals surface area contributed by atoms with Crippen LogP contribution in [0.3, 0.4) is 0 Å². The van der Waals surface area contributed by atoms with Crippen LogP contribution in [-0.4, -0.2) is 28.3 Å². The molecule has 7 heteroatoms. The van der Waals surface area contributed by atoms with E-state index < -0.39 is 17.6 Å². The van der Waals surface area contributed by atoms with Crippen LogP contribution in [-0.2, 0) is 16.1 Å². The predicted octanol–water partition coefficient (Wildman–Crippen LogP) is 2.32. The second-order valence-electron chi connectivity index (χ2n) is 5.77. The Morgan fingerprint density at radius 2 is 2.14 bits per heavy atom. The zero-order chi connectivity index (χ0) is 16.8. The highest BCUT2D eigenvalue weighted by Crippen LogP contribution is 2.23. The molecule has 0 aliphatic rings. The number of nitrogens with two attached hydrogens (primary N) is 1. The van der Waals surface area contributed by atoms with Crippen molar-refractivity contribution < 1.29 is 14.3 Å². The van der Waals surface area contributed by atoms with Gasteiger partial charge in [0.15, 0.2) is 5.60 Å². The van der Waals surface area contributed by atoms with Gasteiger partial charge in [-0.1, -0.05) is 13.8 Å². The summed E-state index contributed by atoms with van der Waals surface area (Å²) in [7, 11) is 0. The average Bonchev–Trinajstić information content (AvgIpc) is 2.41. The fourth-order valence-corrected chi connectivity index (χ4v) is 2.60. The third kappa shape index (κ3) is 5.93. The van der Waals surface area contributed by atoms with Crippen LogP contribution in [0.1, 0.15) is 33.4 Å². The van der Waals surface area contributed by atoms with Crippen LogP contribution in [0.2, 0.25) is 0 Å². The SMILES string of the molecule is CC(C)CSc1cccnc1CNC(=O)C(C)(C)OC(N)=O. The number of amides is 2. The quantitative estimate of drug-likeness (QED) is 0.750. The van der Waals surface area contributed by atoms with Gasteiger partial charge < -0.3 is 15.8 Å². The molecule has 0 saturated heterocycles. The summed E-state index contributed by atoms with van der Waals surface area (Å²) in [6.45, 7) is 7.54. The van der Waals surface area contributed by atoms with Crippen LogP contribution in [0.4, 0.5) is 4.79 Å². The number of nitrogens with one attached hydrogen (secondary N) is 1. The summed E-state index contributed by atoms with van der Waals surface area (Å²) in [5.74, 6) is 1.12. The van der Waals surface area contributed by atoms with Gasteiger partial charge >= 0.3 is 6.09 Å². The average molecular weight is 325 g/mol. The van der Waals surface area contributed by atoms with Crippen molar-refractivity contribution in [2.75, 3.05) is 5.75 Å². The lowest BCUT2D eigenvalue weighted by molar-refractivity contribution is -0.136. The third-order valence-corrected chi connectivity index (χ3v) is 4.26. The first-order chi connectivity index (χ1) is 10.2. The molecular formula is C15H23N3O3S. The Morgan fingerprint density at radius 3 is 2.73 bits per heavy atom. The van der Waals surface area contributed by atoms with Crippen molar-refractivity contribution in [1.82, 2.24) is 10.3 Å². The summed E-state index contributed by atoms with van der Waals surface area (Å²) < 4.78 is 4.80. The lowest BCUT2D eigenvalue weighted by Gasteiger charge is -2.22. The standard InChI is InChI=1S/C15H23N3O3S/c1-10(2)9-22-12-6-5-7-17-11(12)8-18-13(19)15(3,4)21-14(16)20/h5-7,10H,8-9H2,1-4H3,(H2,16,20)(H,18,19). The topological polar surface area (TPSA) is 94.3 Å². The predicted molar refractivity (Wildman–Crippen MR) is 86.4 cm³/mol. The van der Waals surface area contributed by atoms with E-state index in [2.05, 4.69) is 24.1 Å². The van der Waals surface area contributed by atoms with E-state index in [-0.39, 0.29) is 6.54 Å². The van der Waals surface area contributed by atoms with Gasteiger partial charge in [-0.15, -0.1) is 11.8 Å². The molecule has 0 fully saturated rings. The minimum absolute atomic E-state index is 0.269. The second-order valence-corrected chi connectivity index (χ2v) is 6.83. The zero-order valence-electron chi connectivity index (χ0n) is 13.4. The number of ether oxygens (including phenoxy) is 1. The number of carbonyl (C=O) groups excluding carboxylic acids is 2. The summed E-state index contributed by atoms with van der Waals surface area (Å²) in [5, 5.41) is 2.73. The molecule has 1 rings (SSSR count). The van der Waals surface area contributed by atoms with Crippen molar-refractivity contribution in [2.24, 2.45) is 11.7 Å². The van der Waals surface area contributed by atoms with Gasteiger partial charge in [0, 0.05) is 16.8 Å². The number of rotatable bonds is 7. The van der Waals surface area contributed by atoms with E-state index >= 15 is 0 Å². The molecule has 0 aliphatic carbocycles. The Hall–Kier alpha value is -1.76. The van der Waals surface area contributed by atoms with Gasteiger partial charge in [0.05, 0.1) is 12.2 Å². The van der Waals surface area contributed by atoms with Gasteiger partial charge in [-0.05, 0) is 31.9 Å². The first-order valence-electron chi connectivity index (χ1n) is 7.06. The van der Waals surface area contributed by atoms with E-state index in [1.165, 1.54) is 13.8 Å². The fraction of sp³-hybridized carbons (Fsp3) is 0.533. The fourth-order valence-electron chi connectivity index (χ4n) is 1.62. The molecule has 0 bridgehead atoms. The van der Waals surface area contributed by atoms with Gasteiger partial charge in [-0.25, -0.2) is 4.79 Å². The largest absolute Gasteiger partial charge is 0.434 e. The molecule has 0 aromatic carbocycles. The summed E-state index contributed by atoms with van der Waals surface area (Å²) >= 11 is 1.71. The summed E-state index contributed by atoms with van der Waals surface area (Å²) in [6, 6.07) is 3.85. The number of aromatic nitrogens is 1. The molecule has 3 N–H and O–H groups in total. The van der Waals surface area contributed by atoms with Gasteiger partial charge in [-0.2, -0.15) is 0 Å². The van der Waals surface area contributed by atoms with Gasteiger partial charge in [0.2, 0.25) is 0 Å². The Balaban J connectivity index is 2.68. The minimum Gasteiger partial charge on any atom is -0.434 e. The number of hydrogen-bond acceptors (Lipinski definition) is 5. The summed E-state index contributed by atoms with van der Waals surface area (Å²) in [4.78, 5) is 28.2. The molecule has 2 amide bonds. The zero-order valence-corrected chi connectivity index (χ0v) is 14.2. The molecule has 22 heavy (non-hydrogen) atoms. The number of pyridine rings is 1. The molecule has 122 valence electrons. The molecule has 1 aromatic rings. The third-order valence-electron chi connectivity index (χ3n) is 2.74. The van der Waals surface area contributed by atoms with E-state index in [1.807, 2.05) is 12.1 Å². The first kappa shape index (κ1) is 18.3. The minimum atomic E-state index is -1.31. The summed E-state index contributed by atoms with van der Waals surface area (Å²) in [5.41, 5.74) is 4.43. The van der Waals surface area contributed by atoms with Crippen LogP contribution < -0.4 is 11.1 Å². The number of primary amides is 1. The maximum atomic E-state index is 12.1. The molecule has 1 aromatic heterocycles. The molecular weight excluding hydrogens is 302 g/mol. The van der Waals surface area contributed by atoms with E-state index in [0.717, 1.165) is 16.3 Å². The monoisotopic (exact) mass is 325 g/mol. The maximum Gasteiger partial charge on any atom is 0.405 e. The van der Waals surface area contributed by atoms with Gasteiger partial charge in [0.1, 0.15) is 0 Å². The highest BCUT2D eigenvalue weighted by molar-refractivity contribution is 7.99. The van der Waals surface area contributed by atoms with Crippen LogP contribution in [0, 0.1) is 5.92 Å². The summed E-state index contributed by atoms with van der Waals surface area (Å²) in [6.07, 6.45) is 0.706. The van der Waals surface area contributed by atoms with Crippen LogP contribution in [0.15, 0.2) is 23.2 Å². The van der Waals surface area contributed by atoms with Crippen molar-refractivity contribution in [1.29, 1.82) is 0 Å². The van der Waals surface area contributed by atoms with Crippen molar-refractivity contribution in [3.63, 3.8) is 0 Å². The Bertz CT molecular complexity index is 533. The smallest absolute Gasteiger partial charge is 0.405 e. The Labute approximate surface area is 135 Å². The van der Waals surface area contributed by atoms with Crippen molar-refractivity contribution >= 4 is 23.8 Å². The first-order valence-corrected chi connectivity index (χ1v) is 8.04. The lowest BCUT2D eigenvalue weighted by atomic mass is 10.1. The van der Waals surface area contributed by atoms with Gasteiger partial charge in [0.25, 0.3) is 5.91 Å². The lowest BCUT2D eigenvalue weighted by Crippen LogP contribution is -2.46. The van der Waals surface area contributed by atoms with E-state index in [9.17, 15) is 9.59 Å². The molecule has 0 saturated carbocycles. The number of nitrogens with zero attached hydrogens (tertiary/aromatic N) is 1. The number of thioether (sulfide) groups is 1. The Morgan fingerprint density at radius 1 is 1.45 bits per heavy atom.